The van der Waals surface area contributed by atoms with E-state index in [1.807, 2.05) is 12.1 Å². The van der Waals surface area contributed by atoms with Gasteiger partial charge in [-0.1, -0.05) is 91.0 Å². The molecule has 3 aromatic rings. The molecule has 0 atom stereocenters. The van der Waals surface area contributed by atoms with Crippen molar-refractivity contribution >= 4 is 18.8 Å². The van der Waals surface area contributed by atoms with Crippen molar-refractivity contribution in [2.75, 3.05) is 20.1 Å². The van der Waals surface area contributed by atoms with E-state index in [0.29, 0.717) is 6.54 Å². The van der Waals surface area contributed by atoms with Crippen LogP contribution in [-0.4, -0.2) is 31.4 Å². The molecule has 0 saturated heterocycles. The van der Waals surface area contributed by atoms with Crippen molar-refractivity contribution in [1.82, 2.24) is 10.2 Å². The Labute approximate surface area is 186 Å². The van der Waals surface area contributed by atoms with Crippen LogP contribution in [0, 0.1) is 0 Å². The van der Waals surface area contributed by atoms with Gasteiger partial charge in [0.25, 0.3) is 0 Å². The van der Waals surface area contributed by atoms with Crippen molar-refractivity contribution in [3.63, 3.8) is 0 Å². The van der Waals surface area contributed by atoms with Crippen molar-refractivity contribution in [3.8, 4) is 0 Å². The van der Waals surface area contributed by atoms with Crippen molar-refractivity contribution in [2.45, 2.75) is 24.8 Å². The zero-order valence-corrected chi connectivity index (χ0v) is 18.4. The topological polar surface area (TPSA) is 32.3 Å². The number of carbonyl (C=O) groups excluding carboxylic acids is 1. The second-order valence-corrected chi connectivity index (χ2v) is 7.64. The molecular weight excluding hydrogens is 392 g/mol. The van der Waals surface area contributed by atoms with Gasteiger partial charge < -0.3 is 10.2 Å². The lowest BCUT2D eigenvalue weighted by atomic mass is 9.71. The summed E-state index contributed by atoms with van der Waals surface area (Å²) in [7, 11) is 2.17. The number of hydrogen-bond donors (Lipinski definition) is 1. The number of amides is 1. The Balaban J connectivity index is 0.00000320. The van der Waals surface area contributed by atoms with E-state index in [9.17, 15) is 4.79 Å². The molecule has 4 heteroatoms. The van der Waals surface area contributed by atoms with Gasteiger partial charge in [0.15, 0.2) is 0 Å². The second kappa shape index (κ2) is 12.2. The highest BCUT2D eigenvalue weighted by Crippen LogP contribution is 2.36. The summed E-state index contributed by atoms with van der Waals surface area (Å²) in [4.78, 5) is 13.5. The van der Waals surface area contributed by atoms with Gasteiger partial charge in [-0.15, -0.1) is 12.4 Å². The number of rotatable bonds is 11. The van der Waals surface area contributed by atoms with Crippen LogP contribution in [0.1, 0.15) is 29.5 Å². The van der Waals surface area contributed by atoms with Gasteiger partial charge in [0, 0.05) is 18.5 Å². The average Bonchev–Trinajstić information content (AvgIpc) is 2.78. The highest BCUT2D eigenvalue weighted by atomic mass is 35.5. The van der Waals surface area contributed by atoms with E-state index in [1.165, 1.54) is 16.7 Å². The fourth-order valence-corrected chi connectivity index (χ4v) is 4.10. The van der Waals surface area contributed by atoms with Crippen LogP contribution in [-0.2, 0) is 16.8 Å². The summed E-state index contributed by atoms with van der Waals surface area (Å²) in [6.07, 6.45) is 2.80. The maximum Gasteiger partial charge on any atom is 0.207 e. The van der Waals surface area contributed by atoms with Gasteiger partial charge in [0.05, 0.1) is 0 Å². The van der Waals surface area contributed by atoms with Crippen LogP contribution in [0.4, 0.5) is 0 Å². The molecule has 0 heterocycles. The standard InChI is InChI=1S/C26H30N2O.ClH/c1-28(20-23-12-5-2-6-13-23)19-11-18-26(21-27-22-29,24-14-7-3-8-15-24)25-16-9-4-10-17-25;/h2-10,12-17,22H,11,18-21H2,1H3,(H,27,29);1H. The van der Waals surface area contributed by atoms with Gasteiger partial charge in [0.2, 0.25) is 6.41 Å². The molecule has 0 fully saturated rings. The number of nitrogens with zero attached hydrogens (tertiary/aromatic N) is 1. The maximum atomic E-state index is 11.2. The molecule has 0 aliphatic rings. The average molecular weight is 423 g/mol. The van der Waals surface area contributed by atoms with Crippen LogP contribution < -0.4 is 5.32 Å². The lowest BCUT2D eigenvalue weighted by Crippen LogP contribution is -2.39. The first-order chi connectivity index (χ1) is 14.2. The summed E-state index contributed by atoms with van der Waals surface area (Å²) in [5, 5.41) is 2.97. The SMILES string of the molecule is CN(CCCC(CNC=O)(c1ccccc1)c1ccccc1)Cc1ccccc1.Cl. The Kier molecular flexibility index (Phi) is 9.59. The quantitative estimate of drug-likeness (QED) is 0.438. The molecule has 3 rings (SSSR count). The molecule has 0 spiro atoms. The van der Waals surface area contributed by atoms with Crippen LogP contribution in [0.3, 0.4) is 0 Å². The minimum Gasteiger partial charge on any atom is -0.357 e. The van der Waals surface area contributed by atoms with E-state index in [2.05, 4.69) is 96.1 Å². The first-order valence-corrected chi connectivity index (χ1v) is 10.3. The lowest BCUT2D eigenvalue weighted by Gasteiger charge is -2.35. The minimum absolute atomic E-state index is 0. The molecule has 3 aromatic carbocycles. The number of carbonyl (C=O) groups is 1. The number of halogens is 1. The summed E-state index contributed by atoms with van der Waals surface area (Å²) in [6.45, 7) is 2.53. The van der Waals surface area contributed by atoms with Crippen LogP contribution in [0.15, 0.2) is 91.0 Å². The highest BCUT2D eigenvalue weighted by molar-refractivity contribution is 5.85. The molecule has 0 bridgehead atoms. The zero-order valence-electron chi connectivity index (χ0n) is 17.5. The minimum atomic E-state index is -0.239. The number of hydrogen-bond acceptors (Lipinski definition) is 2. The molecule has 30 heavy (non-hydrogen) atoms. The highest BCUT2D eigenvalue weighted by Gasteiger charge is 2.33. The Hall–Kier alpha value is -2.62. The molecule has 0 radical (unpaired) electrons. The van der Waals surface area contributed by atoms with Crippen LogP contribution in [0.25, 0.3) is 0 Å². The molecule has 0 aromatic heterocycles. The Morgan fingerprint density at radius 3 is 1.83 bits per heavy atom. The summed E-state index contributed by atoms with van der Waals surface area (Å²) in [6, 6.07) is 31.7. The van der Waals surface area contributed by atoms with Gasteiger partial charge in [-0.2, -0.15) is 0 Å². The summed E-state index contributed by atoms with van der Waals surface area (Å²) < 4.78 is 0. The van der Waals surface area contributed by atoms with Gasteiger partial charge in [-0.3, -0.25) is 4.79 Å². The molecule has 158 valence electrons. The Bertz CT molecular complexity index is 816. The molecule has 0 unspecified atom stereocenters. The molecule has 0 aliphatic heterocycles. The van der Waals surface area contributed by atoms with Crippen LogP contribution in [0.2, 0.25) is 0 Å². The lowest BCUT2D eigenvalue weighted by molar-refractivity contribution is -0.109. The fourth-order valence-electron chi connectivity index (χ4n) is 4.10. The largest absolute Gasteiger partial charge is 0.357 e. The summed E-state index contributed by atoms with van der Waals surface area (Å²) >= 11 is 0. The third-order valence-electron chi connectivity index (χ3n) is 5.58. The first kappa shape index (κ1) is 23.7. The van der Waals surface area contributed by atoms with Gasteiger partial charge in [-0.25, -0.2) is 0 Å². The predicted molar refractivity (Wildman–Crippen MR) is 127 cm³/mol. The summed E-state index contributed by atoms with van der Waals surface area (Å²) in [5.74, 6) is 0. The van der Waals surface area contributed by atoms with Crippen molar-refractivity contribution in [2.24, 2.45) is 0 Å². The predicted octanol–water partition coefficient (Wildman–Crippen LogP) is 5.05. The third kappa shape index (κ3) is 6.19. The zero-order chi connectivity index (χ0) is 20.4. The molecule has 1 amide bonds. The first-order valence-electron chi connectivity index (χ1n) is 10.3. The van der Waals surface area contributed by atoms with Crippen molar-refractivity contribution in [1.29, 1.82) is 0 Å². The Morgan fingerprint density at radius 1 is 0.833 bits per heavy atom. The Morgan fingerprint density at radius 2 is 1.33 bits per heavy atom. The van der Waals surface area contributed by atoms with Gasteiger partial charge in [0.1, 0.15) is 0 Å². The molecule has 3 nitrogen and oxygen atoms in total. The van der Waals surface area contributed by atoms with Crippen LogP contribution >= 0.6 is 12.4 Å². The molecule has 0 aliphatic carbocycles. The van der Waals surface area contributed by atoms with E-state index >= 15 is 0 Å². The van der Waals surface area contributed by atoms with Crippen LogP contribution in [0.5, 0.6) is 0 Å². The van der Waals surface area contributed by atoms with Gasteiger partial charge >= 0.3 is 0 Å². The van der Waals surface area contributed by atoms with E-state index in [0.717, 1.165) is 32.3 Å². The van der Waals surface area contributed by atoms with Crippen molar-refractivity contribution < 1.29 is 4.79 Å². The number of benzene rings is 3. The van der Waals surface area contributed by atoms with E-state index in [-0.39, 0.29) is 17.8 Å². The maximum absolute atomic E-state index is 11.2. The monoisotopic (exact) mass is 422 g/mol. The molecular formula is C26H31ClN2O. The molecule has 1 N–H and O–H groups in total. The third-order valence-corrected chi connectivity index (χ3v) is 5.58. The van der Waals surface area contributed by atoms with E-state index in [1.54, 1.807) is 0 Å². The van der Waals surface area contributed by atoms with Gasteiger partial charge in [-0.05, 0) is 43.1 Å². The molecule has 0 saturated carbocycles. The smallest absolute Gasteiger partial charge is 0.207 e. The second-order valence-electron chi connectivity index (χ2n) is 7.64. The van der Waals surface area contributed by atoms with E-state index < -0.39 is 0 Å². The van der Waals surface area contributed by atoms with Crippen molar-refractivity contribution in [3.05, 3.63) is 108 Å². The normalized spacial score (nSPS) is 11.0. The fraction of sp³-hybridized carbons (Fsp3) is 0.269. The van der Waals surface area contributed by atoms with E-state index in [4.69, 9.17) is 0 Å². The number of nitrogens with one attached hydrogen (secondary N) is 1. The summed E-state index contributed by atoms with van der Waals surface area (Å²) in [5.41, 5.74) is 3.57.